The number of pyridine rings is 1. The van der Waals surface area contributed by atoms with Gasteiger partial charge < -0.3 is 14.6 Å². The molecule has 1 aromatic heterocycles. The van der Waals surface area contributed by atoms with Crippen molar-refractivity contribution >= 4 is 17.0 Å². The second-order valence-electron chi connectivity index (χ2n) is 8.14. The minimum atomic E-state index is -0.464. The van der Waals surface area contributed by atoms with Crippen LogP contribution in [-0.2, 0) is 17.7 Å². The zero-order chi connectivity index (χ0) is 19.6. The lowest BCUT2D eigenvalue weighted by molar-refractivity contribution is 0.0139. The summed E-state index contributed by atoms with van der Waals surface area (Å²) in [6.45, 7) is 11.4. The van der Waals surface area contributed by atoms with E-state index in [1.54, 1.807) is 4.90 Å². The minimum absolute atomic E-state index is 0.00637. The Bertz CT molecular complexity index is 874. The normalized spacial score (nSPS) is 15.9. The van der Waals surface area contributed by atoms with Gasteiger partial charge in [-0.1, -0.05) is 19.1 Å². The molecule has 2 aromatic rings. The number of hydrogen-bond acceptors (Lipinski definition) is 4. The van der Waals surface area contributed by atoms with Crippen molar-refractivity contribution in [1.29, 1.82) is 0 Å². The Kier molecular flexibility index (Phi) is 5.56. The molecule has 6 heteroatoms. The van der Waals surface area contributed by atoms with Crippen molar-refractivity contribution < 1.29 is 9.53 Å². The molecular weight excluding hydrogens is 342 g/mol. The molecule has 1 aromatic carbocycles. The molecule has 6 nitrogen and oxygen atoms in total. The van der Waals surface area contributed by atoms with Gasteiger partial charge in [0.2, 0.25) is 0 Å². The molecular formula is C21H29N3O3. The molecule has 1 saturated heterocycles. The van der Waals surface area contributed by atoms with Crippen molar-refractivity contribution in [3.63, 3.8) is 0 Å². The number of nitrogens with zero attached hydrogens (tertiary/aromatic N) is 2. The fourth-order valence-corrected chi connectivity index (χ4v) is 3.33. The molecule has 146 valence electrons. The fraction of sp³-hybridized carbons (Fsp3) is 0.524. The van der Waals surface area contributed by atoms with Gasteiger partial charge in [-0.15, -0.1) is 0 Å². The number of hydrogen-bond donors (Lipinski definition) is 1. The number of carbonyl (C=O) groups is 1. The Morgan fingerprint density at radius 1 is 1.15 bits per heavy atom. The SMILES string of the molecule is CCc1cc2ccc(CN3CCN(C(=O)OC(C)(C)C)CC3)cc2[nH]c1=O. The van der Waals surface area contributed by atoms with E-state index in [9.17, 15) is 9.59 Å². The van der Waals surface area contributed by atoms with E-state index in [1.165, 1.54) is 0 Å². The predicted octanol–water partition coefficient (Wildman–Crippen LogP) is 3.14. The van der Waals surface area contributed by atoms with Crippen LogP contribution in [0.1, 0.15) is 38.8 Å². The summed E-state index contributed by atoms with van der Waals surface area (Å²) in [4.78, 5) is 31.3. The van der Waals surface area contributed by atoms with Gasteiger partial charge in [-0.25, -0.2) is 4.79 Å². The summed E-state index contributed by atoms with van der Waals surface area (Å²) >= 11 is 0. The van der Waals surface area contributed by atoms with Crippen molar-refractivity contribution in [2.24, 2.45) is 0 Å². The van der Waals surface area contributed by atoms with E-state index >= 15 is 0 Å². The zero-order valence-electron chi connectivity index (χ0n) is 16.7. The zero-order valence-corrected chi connectivity index (χ0v) is 16.7. The second kappa shape index (κ2) is 7.72. The number of H-pyrrole nitrogens is 1. The van der Waals surface area contributed by atoms with E-state index in [1.807, 2.05) is 33.8 Å². The van der Waals surface area contributed by atoms with E-state index in [0.29, 0.717) is 13.1 Å². The summed E-state index contributed by atoms with van der Waals surface area (Å²) < 4.78 is 5.44. The number of carbonyl (C=O) groups excluding carboxylic acids is 1. The van der Waals surface area contributed by atoms with Gasteiger partial charge in [0.05, 0.1) is 0 Å². The molecule has 27 heavy (non-hydrogen) atoms. The number of piperazine rings is 1. The van der Waals surface area contributed by atoms with Gasteiger partial charge in [-0.2, -0.15) is 0 Å². The van der Waals surface area contributed by atoms with Gasteiger partial charge in [-0.05, 0) is 50.3 Å². The molecule has 0 radical (unpaired) electrons. The highest BCUT2D eigenvalue weighted by Gasteiger charge is 2.25. The monoisotopic (exact) mass is 371 g/mol. The molecule has 0 aliphatic carbocycles. The molecule has 2 heterocycles. The van der Waals surface area contributed by atoms with Crippen molar-refractivity contribution in [2.45, 2.75) is 46.3 Å². The Hall–Kier alpha value is -2.34. The standard InChI is InChI=1S/C21H29N3O3/c1-5-16-13-17-7-6-15(12-18(17)22-19(16)25)14-23-8-10-24(11-9-23)20(26)27-21(2,3)4/h6-7,12-13H,5,8-11,14H2,1-4H3,(H,22,25). The molecule has 0 saturated carbocycles. The van der Waals surface area contributed by atoms with Crippen LogP contribution in [0.5, 0.6) is 0 Å². The Balaban J connectivity index is 1.62. The number of rotatable bonds is 3. The minimum Gasteiger partial charge on any atom is -0.444 e. The average Bonchev–Trinajstić information content (AvgIpc) is 2.60. The van der Waals surface area contributed by atoms with Gasteiger partial charge in [-0.3, -0.25) is 9.69 Å². The lowest BCUT2D eigenvalue weighted by Gasteiger charge is -2.35. The first kappa shape index (κ1) is 19.4. The number of amides is 1. The van der Waals surface area contributed by atoms with E-state index in [-0.39, 0.29) is 11.7 Å². The molecule has 1 amide bonds. The topological polar surface area (TPSA) is 65.6 Å². The average molecular weight is 371 g/mol. The lowest BCUT2D eigenvalue weighted by atomic mass is 10.1. The first-order chi connectivity index (χ1) is 12.7. The van der Waals surface area contributed by atoms with Crippen LogP contribution in [0.25, 0.3) is 10.9 Å². The molecule has 3 rings (SSSR count). The maximum Gasteiger partial charge on any atom is 0.410 e. The molecule has 1 aliphatic rings. The third-order valence-electron chi connectivity index (χ3n) is 4.80. The summed E-state index contributed by atoms with van der Waals surface area (Å²) in [5, 5.41) is 1.06. The first-order valence-electron chi connectivity index (χ1n) is 9.60. The largest absolute Gasteiger partial charge is 0.444 e. The van der Waals surface area contributed by atoms with Crippen LogP contribution in [-0.4, -0.2) is 52.7 Å². The van der Waals surface area contributed by atoms with Crippen LogP contribution >= 0.6 is 0 Å². The summed E-state index contributed by atoms with van der Waals surface area (Å²) in [5.41, 5.74) is 2.38. The van der Waals surface area contributed by atoms with Crippen LogP contribution in [0.15, 0.2) is 29.1 Å². The molecule has 0 bridgehead atoms. The summed E-state index contributed by atoms with van der Waals surface area (Å²) in [6.07, 6.45) is 0.492. The third-order valence-corrected chi connectivity index (χ3v) is 4.80. The van der Waals surface area contributed by atoms with Gasteiger partial charge in [0.15, 0.2) is 0 Å². The number of fused-ring (bicyclic) bond motifs is 1. The lowest BCUT2D eigenvalue weighted by Crippen LogP contribution is -2.49. The van der Waals surface area contributed by atoms with Crippen LogP contribution in [0.2, 0.25) is 0 Å². The third kappa shape index (κ3) is 4.89. The first-order valence-corrected chi connectivity index (χ1v) is 9.60. The number of benzene rings is 1. The highest BCUT2D eigenvalue weighted by atomic mass is 16.6. The van der Waals surface area contributed by atoms with Crippen LogP contribution in [0.4, 0.5) is 4.79 Å². The van der Waals surface area contributed by atoms with Gasteiger partial charge in [0.25, 0.3) is 5.56 Å². The van der Waals surface area contributed by atoms with Crippen molar-refractivity contribution in [2.75, 3.05) is 26.2 Å². The maximum absolute atomic E-state index is 12.2. The Labute approximate surface area is 160 Å². The number of aryl methyl sites for hydroxylation is 1. The molecule has 0 spiro atoms. The van der Waals surface area contributed by atoms with Gasteiger partial charge in [0.1, 0.15) is 5.60 Å². The Morgan fingerprint density at radius 3 is 2.48 bits per heavy atom. The van der Waals surface area contributed by atoms with E-state index in [4.69, 9.17) is 4.74 Å². The van der Waals surface area contributed by atoms with Crippen LogP contribution in [0, 0.1) is 0 Å². The summed E-state index contributed by atoms with van der Waals surface area (Å²) in [7, 11) is 0. The Morgan fingerprint density at radius 2 is 1.85 bits per heavy atom. The number of ether oxygens (including phenoxy) is 1. The van der Waals surface area contributed by atoms with E-state index in [2.05, 4.69) is 28.1 Å². The second-order valence-corrected chi connectivity index (χ2v) is 8.14. The van der Waals surface area contributed by atoms with Gasteiger partial charge >= 0.3 is 6.09 Å². The quantitative estimate of drug-likeness (QED) is 0.900. The predicted molar refractivity (Wildman–Crippen MR) is 107 cm³/mol. The van der Waals surface area contributed by atoms with Crippen molar-refractivity contribution in [3.8, 4) is 0 Å². The van der Waals surface area contributed by atoms with E-state index in [0.717, 1.165) is 48.1 Å². The number of aromatic nitrogens is 1. The van der Waals surface area contributed by atoms with E-state index < -0.39 is 5.60 Å². The molecule has 1 aliphatic heterocycles. The molecule has 0 atom stereocenters. The summed E-state index contributed by atoms with van der Waals surface area (Å²) in [5.74, 6) is 0. The molecule has 1 N–H and O–H groups in total. The smallest absolute Gasteiger partial charge is 0.410 e. The van der Waals surface area contributed by atoms with Crippen LogP contribution in [0.3, 0.4) is 0 Å². The van der Waals surface area contributed by atoms with Crippen molar-refractivity contribution in [3.05, 3.63) is 45.7 Å². The fourth-order valence-electron chi connectivity index (χ4n) is 3.33. The molecule has 0 unspecified atom stereocenters. The summed E-state index contributed by atoms with van der Waals surface area (Å²) in [6, 6.07) is 8.20. The number of aromatic amines is 1. The highest BCUT2D eigenvalue weighted by molar-refractivity contribution is 5.79. The maximum atomic E-state index is 12.2. The highest BCUT2D eigenvalue weighted by Crippen LogP contribution is 2.17. The molecule has 1 fully saturated rings. The van der Waals surface area contributed by atoms with Crippen molar-refractivity contribution in [1.82, 2.24) is 14.8 Å². The van der Waals surface area contributed by atoms with Gasteiger partial charge in [0, 0.05) is 43.8 Å². The number of nitrogens with one attached hydrogen (secondary N) is 1. The van der Waals surface area contributed by atoms with Crippen LogP contribution < -0.4 is 5.56 Å².